The summed E-state index contributed by atoms with van der Waals surface area (Å²) in [5.41, 5.74) is 10.5. The molecule has 1 aromatic heterocycles. The van der Waals surface area contributed by atoms with Crippen LogP contribution in [0.5, 0.6) is 23.0 Å². The number of carbonyl (C=O) groups excluding carboxylic acids is 2. The molecule has 2 atom stereocenters. The predicted octanol–water partition coefficient (Wildman–Crippen LogP) is 13.2. The number of fused-ring (bicyclic) bond motifs is 2. The lowest BCUT2D eigenvalue weighted by Crippen LogP contribution is -2.45. The minimum Gasteiger partial charge on any atom is -0.493 e. The molecule has 2 fully saturated rings. The number of hydrogen-bond donors (Lipinski definition) is 1. The number of sulfone groups is 1. The number of nitrogens with one attached hydrogen (secondary N) is 1. The van der Waals surface area contributed by atoms with Crippen LogP contribution >= 0.6 is 0 Å². The highest BCUT2D eigenvalue weighted by Gasteiger charge is 2.40. The molecule has 5 heterocycles. The van der Waals surface area contributed by atoms with Crippen molar-refractivity contribution in [2.24, 2.45) is 0 Å². The number of aldehydes is 1. The third kappa shape index (κ3) is 16.4. The zero-order valence-electron chi connectivity index (χ0n) is 52.2. The number of methoxy groups -OCH3 is 2. The first-order valence-corrected chi connectivity index (χ1v) is 32.8. The van der Waals surface area contributed by atoms with Gasteiger partial charge in [-0.05, 0) is 176 Å². The Morgan fingerprint density at radius 3 is 1.68 bits per heavy atom. The van der Waals surface area contributed by atoms with Gasteiger partial charge >= 0.3 is 6.09 Å². The van der Waals surface area contributed by atoms with E-state index >= 15 is 0 Å². The van der Waals surface area contributed by atoms with Crippen molar-refractivity contribution in [1.82, 2.24) is 30.4 Å². The number of amides is 1. The second-order valence-corrected chi connectivity index (χ2v) is 25.7. The second-order valence-electron chi connectivity index (χ2n) is 23.8. The Hall–Kier alpha value is -9.00. The van der Waals surface area contributed by atoms with Gasteiger partial charge in [0.05, 0.1) is 37.7 Å². The Morgan fingerprint density at radius 2 is 1.12 bits per heavy atom. The molecular formula is C72H82N8O9S. The van der Waals surface area contributed by atoms with Crippen LogP contribution in [0.4, 0.5) is 16.2 Å². The fourth-order valence-corrected chi connectivity index (χ4v) is 13.3. The Kier molecular flexibility index (Phi) is 21.7. The fourth-order valence-electron chi connectivity index (χ4n) is 11.9. The van der Waals surface area contributed by atoms with E-state index in [9.17, 15) is 18.0 Å². The Morgan fingerprint density at radius 1 is 0.611 bits per heavy atom. The van der Waals surface area contributed by atoms with Crippen LogP contribution in [0.3, 0.4) is 0 Å². The Labute approximate surface area is 529 Å². The maximum Gasteiger partial charge on any atom is 0.410 e. The van der Waals surface area contributed by atoms with Gasteiger partial charge in [-0.3, -0.25) is 9.69 Å². The number of hydrogen-bond acceptors (Lipinski definition) is 15. The standard InChI is InChI=1S/C30H33N5O6S.C30H34N2O2.C12H15NO/c1-30(2,3)41-29(36)34-16-15-22-17-27(40-19-21-11-7-5-8-12-21)26(39-4)18-24(22)25(34)20-42(37,38)28-31-32-33-35(28)23-13-9-6-10-14-23;1-33-29-21-26-25(20-30(29)34-22-23-10-4-2-5-11-23)16-17-31-27(26)15-14-24-12-6-7-13-28(24)32-18-8-3-9-19-32;14-10-11-6-2-3-7-12(11)13-8-4-1-5-9-13/h5-14,17-18,25H,15-16,19-20H2,1-4H3;2,4-7,10-15,20-21,27,31H,3,8-9,16-19,22H2,1H3;2-3,6-7,10H,1,4-5,8-9H2/b;15-14+;. The second kappa shape index (κ2) is 30.5. The molecule has 470 valence electrons. The van der Waals surface area contributed by atoms with E-state index in [4.69, 9.17) is 23.7 Å². The molecule has 0 spiro atoms. The lowest BCUT2D eigenvalue weighted by Gasteiger charge is -2.38. The maximum absolute atomic E-state index is 13.9. The minimum absolute atomic E-state index is 0.148. The van der Waals surface area contributed by atoms with Gasteiger partial charge in [0.2, 0.25) is 9.84 Å². The molecule has 0 saturated carbocycles. The van der Waals surface area contributed by atoms with Gasteiger partial charge in [-0.15, -0.1) is 0 Å². The number of piperidine rings is 2. The quantitative estimate of drug-likeness (QED) is 0.0850. The normalized spacial score (nSPS) is 16.5. The van der Waals surface area contributed by atoms with Crippen LogP contribution < -0.4 is 34.1 Å². The maximum atomic E-state index is 13.9. The Balaban J connectivity index is 0.000000165. The number of benzene rings is 7. The molecule has 0 aliphatic carbocycles. The number of anilines is 2. The number of rotatable bonds is 17. The summed E-state index contributed by atoms with van der Waals surface area (Å²) in [7, 11) is -0.884. The molecule has 90 heavy (non-hydrogen) atoms. The van der Waals surface area contributed by atoms with E-state index in [0.29, 0.717) is 42.4 Å². The van der Waals surface area contributed by atoms with E-state index < -0.39 is 33.3 Å². The molecule has 0 radical (unpaired) electrons. The SMILES string of the molecule is COc1cc2c(cc1OCc1ccccc1)CCN(C(=O)OC(C)(C)C)C2CS(=O)(=O)c1nnnn1-c1ccccc1.COc1cc2c(cc1OCc1ccccc1)CCNC2/C=C/c1ccccc1N1CCCCC1.O=Cc1ccccc1N1CCCCC1. The van der Waals surface area contributed by atoms with Crippen molar-refractivity contribution >= 4 is 39.7 Å². The molecular weight excluding hydrogens is 1150 g/mol. The van der Waals surface area contributed by atoms with Crippen molar-refractivity contribution in [1.29, 1.82) is 0 Å². The van der Waals surface area contributed by atoms with Crippen LogP contribution in [0, 0.1) is 0 Å². The van der Waals surface area contributed by atoms with Crippen LogP contribution in [-0.4, -0.2) is 111 Å². The smallest absolute Gasteiger partial charge is 0.410 e. The molecule has 7 aromatic carbocycles. The summed E-state index contributed by atoms with van der Waals surface area (Å²) in [5, 5.41) is 14.8. The summed E-state index contributed by atoms with van der Waals surface area (Å²) >= 11 is 0. The van der Waals surface area contributed by atoms with Gasteiger partial charge in [-0.25, -0.2) is 13.2 Å². The highest BCUT2D eigenvalue weighted by atomic mass is 32.2. The van der Waals surface area contributed by atoms with Crippen molar-refractivity contribution in [3.8, 4) is 28.7 Å². The van der Waals surface area contributed by atoms with Gasteiger partial charge < -0.3 is 38.8 Å². The van der Waals surface area contributed by atoms with Gasteiger partial charge in [-0.1, -0.05) is 126 Å². The third-order valence-electron chi connectivity index (χ3n) is 16.4. The summed E-state index contributed by atoms with van der Waals surface area (Å²) in [6, 6.07) is 52.5. The first-order valence-electron chi connectivity index (χ1n) is 31.1. The highest BCUT2D eigenvalue weighted by molar-refractivity contribution is 7.91. The fraction of sp³-hybridized carbons (Fsp3) is 0.347. The van der Waals surface area contributed by atoms with Crippen LogP contribution in [0.2, 0.25) is 0 Å². The van der Waals surface area contributed by atoms with Gasteiger partial charge in [-0.2, -0.15) is 4.68 Å². The van der Waals surface area contributed by atoms with E-state index in [1.54, 1.807) is 58.2 Å². The number of aromatic nitrogens is 4. The summed E-state index contributed by atoms with van der Waals surface area (Å²) in [6.07, 6.45) is 14.1. The number of ether oxygens (including phenoxy) is 5. The monoisotopic (exact) mass is 1230 g/mol. The number of carbonyl (C=O) groups is 2. The number of nitrogens with zero attached hydrogens (tertiary/aromatic N) is 7. The zero-order chi connectivity index (χ0) is 62.9. The van der Waals surface area contributed by atoms with E-state index in [2.05, 4.69) is 91.3 Å². The zero-order valence-corrected chi connectivity index (χ0v) is 53.0. The summed E-state index contributed by atoms with van der Waals surface area (Å²) in [6.45, 7) is 11.8. The lowest BCUT2D eigenvalue weighted by atomic mass is 9.92. The van der Waals surface area contributed by atoms with Crippen molar-refractivity contribution in [3.63, 3.8) is 0 Å². The summed E-state index contributed by atoms with van der Waals surface area (Å²) < 4.78 is 58.3. The minimum atomic E-state index is -4.12. The van der Waals surface area contributed by atoms with Crippen LogP contribution in [0.25, 0.3) is 11.8 Å². The van der Waals surface area contributed by atoms with Gasteiger partial charge in [0, 0.05) is 56.2 Å². The van der Waals surface area contributed by atoms with Gasteiger partial charge in [0.1, 0.15) is 18.8 Å². The van der Waals surface area contributed by atoms with Crippen LogP contribution in [0.15, 0.2) is 175 Å². The molecule has 2 unspecified atom stereocenters. The predicted molar refractivity (Wildman–Crippen MR) is 352 cm³/mol. The van der Waals surface area contributed by atoms with E-state index in [-0.39, 0.29) is 17.7 Å². The molecule has 8 aromatic rings. The molecule has 4 aliphatic rings. The van der Waals surface area contributed by atoms with Crippen LogP contribution in [-0.2, 0) is 40.6 Å². The van der Waals surface area contributed by atoms with Crippen molar-refractivity contribution in [2.75, 3.05) is 69.0 Å². The molecule has 4 aliphatic heterocycles. The first kappa shape index (κ1) is 64.0. The third-order valence-corrected chi connectivity index (χ3v) is 17.9. The Bertz CT molecular complexity index is 3790. The lowest BCUT2D eigenvalue weighted by molar-refractivity contribution is 0.0162. The van der Waals surface area contributed by atoms with Crippen molar-refractivity contribution in [2.45, 2.75) is 108 Å². The van der Waals surface area contributed by atoms with E-state index in [1.165, 1.54) is 77.6 Å². The van der Waals surface area contributed by atoms with E-state index in [0.717, 1.165) is 84.9 Å². The van der Waals surface area contributed by atoms with Crippen molar-refractivity contribution in [3.05, 3.63) is 214 Å². The van der Waals surface area contributed by atoms with E-state index in [1.807, 2.05) is 84.9 Å². The summed E-state index contributed by atoms with van der Waals surface area (Å²) in [5.74, 6) is 2.07. The molecule has 1 amide bonds. The van der Waals surface area contributed by atoms with Gasteiger partial charge in [0.15, 0.2) is 29.3 Å². The molecule has 18 heteroatoms. The first-order chi connectivity index (χ1) is 43.8. The molecule has 1 N–H and O–H groups in total. The highest BCUT2D eigenvalue weighted by Crippen LogP contribution is 2.41. The molecule has 2 saturated heterocycles. The number of tetrazole rings is 1. The average Bonchev–Trinajstić information content (AvgIpc) is 1.19. The van der Waals surface area contributed by atoms with Crippen molar-refractivity contribution < 1.29 is 41.7 Å². The van der Waals surface area contributed by atoms with Gasteiger partial charge in [0.25, 0.3) is 5.16 Å². The molecule has 0 bridgehead atoms. The summed E-state index contributed by atoms with van der Waals surface area (Å²) in [4.78, 5) is 30.5. The molecule has 17 nitrogen and oxygen atoms in total. The number of para-hydroxylation sites is 3. The largest absolute Gasteiger partial charge is 0.493 e. The van der Waals surface area contributed by atoms with Crippen LogP contribution in [0.1, 0.15) is 121 Å². The topological polar surface area (TPSA) is 180 Å². The average molecular weight is 1240 g/mol. The molecule has 12 rings (SSSR count).